The first-order chi connectivity index (χ1) is 7.70. The van der Waals surface area contributed by atoms with E-state index >= 15 is 0 Å². The Hall–Kier alpha value is -0.120. The van der Waals surface area contributed by atoms with E-state index in [9.17, 15) is 0 Å². The Kier molecular flexibility index (Phi) is 6.32. The van der Waals surface area contributed by atoms with E-state index in [0.717, 1.165) is 6.61 Å². The van der Waals surface area contributed by atoms with E-state index in [4.69, 9.17) is 10.6 Å². The Morgan fingerprint density at radius 3 is 2.31 bits per heavy atom. The second-order valence-corrected chi connectivity index (χ2v) is 5.25. The summed E-state index contributed by atoms with van der Waals surface area (Å²) in [6, 6.07) is 0.281. The molecule has 0 aromatic carbocycles. The number of hydrazine groups is 1. The zero-order valence-corrected chi connectivity index (χ0v) is 11.0. The normalized spacial score (nSPS) is 22.3. The van der Waals surface area contributed by atoms with Crippen LogP contribution in [0.3, 0.4) is 0 Å². The van der Waals surface area contributed by atoms with Crippen molar-refractivity contribution in [3.8, 4) is 0 Å². The molecule has 2 unspecified atom stereocenters. The highest BCUT2D eigenvalue weighted by Gasteiger charge is 2.32. The van der Waals surface area contributed by atoms with E-state index in [1.54, 1.807) is 0 Å². The van der Waals surface area contributed by atoms with Crippen molar-refractivity contribution in [3.63, 3.8) is 0 Å². The molecule has 16 heavy (non-hydrogen) atoms. The topological polar surface area (TPSA) is 47.3 Å². The number of nitrogens with two attached hydrogens (primary N) is 1. The number of ether oxygens (including phenoxy) is 1. The third-order valence-electron chi connectivity index (χ3n) is 3.74. The quantitative estimate of drug-likeness (QED) is 0.542. The van der Waals surface area contributed by atoms with Crippen LogP contribution < -0.4 is 11.3 Å². The van der Waals surface area contributed by atoms with Gasteiger partial charge >= 0.3 is 0 Å². The lowest BCUT2D eigenvalue weighted by Gasteiger charge is -2.37. The first-order valence-electron chi connectivity index (χ1n) is 6.78. The minimum atomic E-state index is 0.281. The van der Waals surface area contributed by atoms with Crippen LogP contribution in [0.1, 0.15) is 52.9 Å². The lowest BCUT2D eigenvalue weighted by atomic mass is 9.80. The third-order valence-corrected chi connectivity index (χ3v) is 3.74. The summed E-state index contributed by atoms with van der Waals surface area (Å²) in [6.07, 6.45) is 6.98. The summed E-state index contributed by atoms with van der Waals surface area (Å²) in [4.78, 5) is 0. The number of hydrogen-bond donors (Lipinski definition) is 2. The van der Waals surface area contributed by atoms with Crippen LogP contribution >= 0.6 is 0 Å². The van der Waals surface area contributed by atoms with Crippen molar-refractivity contribution < 1.29 is 4.74 Å². The maximum atomic E-state index is 5.95. The maximum Gasteiger partial charge on any atom is 0.0771 e. The molecule has 0 radical (unpaired) electrons. The van der Waals surface area contributed by atoms with Crippen LogP contribution in [0.4, 0.5) is 0 Å². The van der Waals surface area contributed by atoms with Gasteiger partial charge in [0, 0.05) is 12.6 Å². The molecule has 0 aliphatic heterocycles. The van der Waals surface area contributed by atoms with E-state index in [2.05, 4.69) is 26.2 Å². The average molecular weight is 228 g/mol. The van der Waals surface area contributed by atoms with Crippen LogP contribution in [0.5, 0.6) is 0 Å². The van der Waals surface area contributed by atoms with E-state index in [0.29, 0.717) is 11.8 Å². The summed E-state index contributed by atoms with van der Waals surface area (Å²) in [5, 5.41) is 0. The number of hydrogen-bond acceptors (Lipinski definition) is 3. The molecule has 0 amide bonds. The SMILES string of the molecule is CCOC(C1CCCCC1)C(NN)C(C)C. The molecule has 0 aromatic rings. The molecule has 2 atom stereocenters. The average Bonchev–Trinajstić information content (AvgIpc) is 2.29. The standard InChI is InChI=1S/C13H28N2O/c1-4-16-13(12(15-14)10(2)3)11-8-6-5-7-9-11/h10-13,15H,4-9,14H2,1-3H3. The molecule has 0 aromatic heterocycles. The Morgan fingerprint density at radius 2 is 1.88 bits per heavy atom. The molecule has 1 aliphatic rings. The largest absolute Gasteiger partial charge is 0.377 e. The van der Waals surface area contributed by atoms with Crippen LogP contribution in [0.2, 0.25) is 0 Å². The summed E-state index contributed by atoms with van der Waals surface area (Å²) in [5.41, 5.74) is 2.96. The Balaban J connectivity index is 2.62. The van der Waals surface area contributed by atoms with E-state index in [1.165, 1.54) is 32.1 Å². The van der Waals surface area contributed by atoms with Gasteiger partial charge in [0.2, 0.25) is 0 Å². The van der Waals surface area contributed by atoms with E-state index < -0.39 is 0 Å². The second kappa shape index (κ2) is 7.25. The smallest absolute Gasteiger partial charge is 0.0771 e. The molecule has 96 valence electrons. The first kappa shape index (κ1) is 13.9. The van der Waals surface area contributed by atoms with Crippen molar-refractivity contribution >= 4 is 0 Å². The van der Waals surface area contributed by atoms with Gasteiger partial charge in [-0.05, 0) is 31.6 Å². The summed E-state index contributed by atoms with van der Waals surface area (Å²) < 4.78 is 5.95. The first-order valence-corrected chi connectivity index (χ1v) is 6.78. The highest BCUT2D eigenvalue weighted by atomic mass is 16.5. The van der Waals surface area contributed by atoms with Crippen molar-refractivity contribution in [3.05, 3.63) is 0 Å². The molecule has 3 N–H and O–H groups in total. The second-order valence-electron chi connectivity index (χ2n) is 5.25. The molecule has 1 aliphatic carbocycles. The van der Waals surface area contributed by atoms with Gasteiger partial charge in [-0.25, -0.2) is 0 Å². The van der Waals surface area contributed by atoms with Gasteiger partial charge in [0.05, 0.1) is 6.10 Å². The summed E-state index contributed by atoms with van der Waals surface area (Å²) >= 11 is 0. The molecule has 1 rings (SSSR count). The summed E-state index contributed by atoms with van der Waals surface area (Å²) in [7, 11) is 0. The predicted molar refractivity (Wildman–Crippen MR) is 67.9 cm³/mol. The van der Waals surface area contributed by atoms with Crippen molar-refractivity contribution in [1.29, 1.82) is 0 Å². The molecular formula is C13H28N2O. The van der Waals surface area contributed by atoms with Crippen molar-refractivity contribution in [2.45, 2.75) is 65.0 Å². The fourth-order valence-electron chi connectivity index (χ4n) is 2.85. The fourth-order valence-corrected chi connectivity index (χ4v) is 2.85. The Bertz CT molecular complexity index is 179. The van der Waals surface area contributed by atoms with Gasteiger partial charge in [0.1, 0.15) is 0 Å². The van der Waals surface area contributed by atoms with Crippen LogP contribution in [0.25, 0.3) is 0 Å². The predicted octanol–water partition coefficient (Wildman–Crippen LogP) is 2.46. The maximum absolute atomic E-state index is 5.95. The Labute approximate surface area is 100 Å². The van der Waals surface area contributed by atoms with Crippen LogP contribution in [-0.2, 0) is 4.74 Å². The monoisotopic (exact) mass is 228 g/mol. The number of rotatable bonds is 6. The summed E-state index contributed by atoms with van der Waals surface area (Å²) in [6.45, 7) is 7.27. The minimum absolute atomic E-state index is 0.281. The lowest BCUT2D eigenvalue weighted by molar-refractivity contribution is -0.0278. The highest BCUT2D eigenvalue weighted by Crippen LogP contribution is 2.31. The molecule has 1 fully saturated rings. The third kappa shape index (κ3) is 3.72. The highest BCUT2D eigenvalue weighted by molar-refractivity contribution is 4.85. The van der Waals surface area contributed by atoms with Gasteiger partial charge < -0.3 is 4.74 Å². The molecule has 0 heterocycles. The number of nitrogens with one attached hydrogen (secondary N) is 1. The molecule has 3 heteroatoms. The zero-order valence-electron chi connectivity index (χ0n) is 11.0. The van der Waals surface area contributed by atoms with Gasteiger partial charge in [0.25, 0.3) is 0 Å². The van der Waals surface area contributed by atoms with Gasteiger partial charge in [-0.2, -0.15) is 0 Å². The van der Waals surface area contributed by atoms with Gasteiger partial charge in [-0.15, -0.1) is 0 Å². The molecule has 3 nitrogen and oxygen atoms in total. The van der Waals surface area contributed by atoms with Crippen LogP contribution in [0, 0.1) is 11.8 Å². The van der Waals surface area contributed by atoms with Crippen LogP contribution in [0.15, 0.2) is 0 Å². The molecule has 1 saturated carbocycles. The van der Waals surface area contributed by atoms with E-state index in [-0.39, 0.29) is 12.1 Å². The fraction of sp³-hybridized carbons (Fsp3) is 1.00. The van der Waals surface area contributed by atoms with E-state index in [1.807, 2.05) is 0 Å². The minimum Gasteiger partial charge on any atom is -0.377 e. The summed E-state index contributed by atoms with van der Waals surface area (Å²) in [5.74, 6) is 6.89. The van der Waals surface area contributed by atoms with Crippen LogP contribution in [-0.4, -0.2) is 18.8 Å². The van der Waals surface area contributed by atoms with Gasteiger partial charge in [-0.1, -0.05) is 33.1 Å². The van der Waals surface area contributed by atoms with Gasteiger partial charge in [-0.3, -0.25) is 11.3 Å². The van der Waals surface area contributed by atoms with Gasteiger partial charge in [0.15, 0.2) is 0 Å². The lowest BCUT2D eigenvalue weighted by Crippen LogP contribution is -2.51. The van der Waals surface area contributed by atoms with Crippen molar-refractivity contribution in [1.82, 2.24) is 5.43 Å². The molecule has 0 bridgehead atoms. The molecule has 0 spiro atoms. The zero-order chi connectivity index (χ0) is 12.0. The van der Waals surface area contributed by atoms with Crippen molar-refractivity contribution in [2.24, 2.45) is 17.7 Å². The Morgan fingerprint density at radius 1 is 1.25 bits per heavy atom. The molecular weight excluding hydrogens is 200 g/mol. The van der Waals surface area contributed by atoms with Crippen molar-refractivity contribution in [2.75, 3.05) is 6.61 Å². The molecule has 0 saturated heterocycles.